The van der Waals surface area contributed by atoms with Crippen molar-refractivity contribution in [2.45, 2.75) is 12.8 Å². The Bertz CT molecular complexity index is 678. The van der Waals surface area contributed by atoms with Gasteiger partial charge in [0, 0.05) is 12.0 Å². The molecule has 0 spiro atoms. The summed E-state index contributed by atoms with van der Waals surface area (Å²) in [4.78, 5) is 23.7. The Kier molecular flexibility index (Phi) is 4.39. The third kappa shape index (κ3) is 3.46. The number of Topliss-reactive ketones (excluding diaryl/α,β-unsaturated/α-hetero) is 1. The normalized spacial score (nSPS) is 12.2. The van der Waals surface area contributed by atoms with E-state index >= 15 is 0 Å². The Hall–Kier alpha value is -2.34. The zero-order valence-electron chi connectivity index (χ0n) is 11.7. The van der Waals surface area contributed by atoms with Crippen molar-refractivity contribution in [2.75, 3.05) is 13.4 Å². The van der Waals surface area contributed by atoms with E-state index in [4.69, 9.17) is 14.2 Å². The van der Waals surface area contributed by atoms with Crippen molar-refractivity contribution in [1.29, 1.82) is 0 Å². The van der Waals surface area contributed by atoms with Crippen LogP contribution in [-0.2, 0) is 16.0 Å². The first-order valence-corrected chi connectivity index (χ1v) is 7.76. The molecule has 0 N–H and O–H groups in total. The Morgan fingerprint density at radius 2 is 2.05 bits per heavy atom. The lowest BCUT2D eigenvalue weighted by Gasteiger charge is -2.05. The van der Waals surface area contributed by atoms with E-state index in [0.29, 0.717) is 23.5 Å². The number of esters is 1. The molecule has 114 valence electrons. The molecule has 0 saturated heterocycles. The highest BCUT2D eigenvalue weighted by molar-refractivity contribution is 7.07. The number of aryl methyl sites for hydroxylation is 1. The summed E-state index contributed by atoms with van der Waals surface area (Å²) in [5.41, 5.74) is 1.54. The molecule has 0 amide bonds. The third-order valence-corrected chi connectivity index (χ3v) is 3.99. The molecule has 22 heavy (non-hydrogen) atoms. The maximum atomic E-state index is 12.0. The quantitative estimate of drug-likeness (QED) is 0.605. The zero-order chi connectivity index (χ0) is 15.4. The van der Waals surface area contributed by atoms with Gasteiger partial charge in [0.2, 0.25) is 6.79 Å². The van der Waals surface area contributed by atoms with Crippen LogP contribution in [0.25, 0.3) is 0 Å². The first-order chi connectivity index (χ1) is 10.7. The van der Waals surface area contributed by atoms with Gasteiger partial charge in [-0.15, -0.1) is 0 Å². The zero-order valence-corrected chi connectivity index (χ0v) is 12.6. The van der Waals surface area contributed by atoms with Gasteiger partial charge in [-0.1, -0.05) is 0 Å². The minimum absolute atomic E-state index is 0.157. The van der Waals surface area contributed by atoms with E-state index in [2.05, 4.69) is 0 Å². The minimum atomic E-state index is -0.375. The Morgan fingerprint density at radius 1 is 1.18 bits per heavy atom. The van der Waals surface area contributed by atoms with Crippen LogP contribution in [0.5, 0.6) is 11.5 Å². The van der Waals surface area contributed by atoms with Gasteiger partial charge in [0.1, 0.15) is 0 Å². The molecule has 0 saturated carbocycles. The fourth-order valence-electron chi connectivity index (χ4n) is 2.05. The standard InChI is InChI=1S/C16H14O5S/c17-13(12-2-3-14-15(7-12)21-10-20-14)8-19-16(18)4-1-11-5-6-22-9-11/h2-3,5-7,9H,1,4,8,10H2. The molecule has 1 aliphatic rings. The second-order valence-electron chi connectivity index (χ2n) is 4.78. The number of carbonyl (C=O) groups is 2. The SMILES string of the molecule is O=C(CCc1ccsc1)OCC(=O)c1ccc2c(c1)OCO2. The Morgan fingerprint density at radius 3 is 2.86 bits per heavy atom. The second kappa shape index (κ2) is 6.62. The average Bonchev–Trinajstić information content (AvgIpc) is 3.20. The molecule has 5 nitrogen and oxygen atoms in total. The molecule has 2 heterocycles. The number of hydrogen-bond donors (Lipinski definition) is 0. The maximum absolute atomic E-state index is 12.0. The van der Waals surface area contributed by atoms with Crippen LogP contribution in [0.15, 0.2) is 35.0 Å². The van der Waals surface area contributed by atoms with Crippen LogP contribution in [0.4, 0.5) is 0 Å². The average molecular weight is 318 g/mol. The van der Waals surface area contributed by atoms with Crippen molar-refractivity contribution in [1.82, 2.24) is 0 Å². The van der Waals surface area contributed by atoms with Crippen LogP contribution in [0.2, 0.25) is 0 Å². The van der Waals surface area contributed by atoms with Crippen LogP contribution in [0.3, 0.4) is 0 Å². The highest BCUT2D eigenvalue weighted by atomic mass is 32.1. The molecule has 0 aliphatic carbocycles. The summed E-state index contributed by atoms with van der Waals surface area (Å²) in [7, 11) is 0. The van der Waals surface area contributed by atoms with Crippen LogP contribution >= 0.6 is 11.3 Å². The summed E-state index contributed by atoms with van der Waals surface area (Å²) in [6.45, 7) is -0.105. The Labute approximate surface area is 131 Å². The van der Waals surface area contributed by atoms with Gasteiger partial charge >= 0.3 is 5.97 Å². The second-order valence-corrected chi connectivity index (χ2v) is 5.56. The molecule has 0 radical (unpaired) electrons. The van der Waals surface area contributed by atoms with E-state index in [1.807, 2.05) is 16.8 Å². The third-order valence-electron chi connectivity index (χ3n) is 3.26. The van der Waals surface area contributed by atoms with E-state index < -0.39 is 0 Å². The molecule has 2 aromatic rings. The van der Waals surface area contributed by atoms with Crippen molar-refractivity contribution in [3.8, 4) is 11.5 Å². The van der Waals surface area contributed by atoms with E-state index in [1.165, 1.54) is 0 Å². The number of rotatable bonds is 6. The number of hydrogen-bond acceptors (Lipinski definition) is 6. The summed E-state index contributed by atoms with van der Waals surface area (Å²) in [6.07, 6.45) is 0.895. The van der Waals surface area contributed by atoms with Gasteiger partial charge in [0.15, 0.2) is 23.9 Å². The van der Waals surface area contributed by atoms with Gasteiger partial charge in [0.25, 0.3) is 0 Å². The molecule has 3 rings (SSSR count). The predicted molar refractivity (Wildman–Crippen MR) is 80.5 cm³/mol. The van der Waals surface area contributed by atoms with Crippen LogP contribution in [0, 0.1) is 0 Å². The van der Waals surface area contributed by atoms with Crippen LogP contribution < -0.4 is 9.47 Å². The van der Waals surface area contributed by atoms with Crippen molar-refractivity contribution in [3.05, 3.63) is 46.2 Å². The van der Waals surface area contributed by atoms with Gasteiger partial charge in [-0.2, -0.15) is 11.3 Å². The summed E-state index contributed by atoms with van der Waals surface area (Å²) in [5.74, 6) is 0.515. The number of ether oxygens (including phenoxy) is 3. The van der Waals surface area contributed by atoms with Gasteiger partial charge in [-0.25, -0.2) is 0 Å². The number of carbonyl (C=O) groups excluding carboxylic acids is 2. The molecule has 1 aromatic heterocycles. The fraction of sp³-hybridized carbons (Fsp3) is 0.250. The summed E-state index contributed by atoms with van der Waals surface area (Å²) in [5, 5.41) is 3.95. The topological polar surface area (TPSA) is 61.8 Å². The van der Waals surface area contributed by atoms with Crippen LogP contribution in [0.1, 0.15) is 22.3 Å². The molecular weight excluding hydrogens is 304 g/mol. The van der Waals surface area contributed by atoms with Crippen molar-refractivity contribution in [2.24, 2.45) is 0 Å². The van der Waals surface area contributed by atoms with E-state index in [9.17, 15) is 9.59 Å². The lowest BCUT2D eigenvalue weighted by atomic mass is 10.1. The summed E-state index contributed by atoms with van der Waals surface area (Å²) in [6, 6.07) is 6.88. The van der Waals surface area contributed by atoms with Gasteiger partial charge in [-0.05, 0) is 47.0 Å². The van der Waals surface area contributed by atoms with Crippen molar-refractivity contribution >= 4 is 23.1 Å². The lowest BCUT2D eigenvalue weighted by Crippen LogP contribution is -2.14. The molecule has 0 atom stereocenters. The largest absolute Gasteiger partial charge is 0.457 e. The van der Waals surface area contributed by atoms with Gasteiger partial charge in [0.05, 0.1) is 0 Å². The molecule has 1 aromatic carbocycles. The molecule has 0 unspecified atom stereocenters. The highest BCUT2D eigenvalue weighted by Crippen LogP contribution is 2.32. The molecule has 6 heteroatoms. The number of fused-ring (bicyclic) bond motifs is 1. The van der Waals surface area contributed by atoms with E-state index in [-0.39, 0.29) is 31.6 Å². The predicted octanol–water partition coefficient (Wildman–Crippen LogP) is 2.84. The smallest absolute Gasteiger partial charge is 0.306 e. The fourth-order valence-corrected chi connectivity index (χ4v) is 2.76. The van der Waals surface area contributed by atoms with Crippen LogP contribution in [-0.4, -0.2) is 25.2 Å². The first-order valence-electron chi connectivity index (χ1n) is 6.82. The van der Waals surface area contributed by atoms with E-state index in [0.717, 1.165) is 5.56 Å². The summed E-state index contributed by atoms with van der Waals surface area (Å²) >= 11 is 1.59. The highest BCUT2D eigenvalue weighted by Gasteiger charge is 2.17. The van der Waals surface area contributed by atoms with Gasteiger partial charge < -0.3 is 14.2 Å². The van der Waals surface area contributed by atoms with Crippen molar-refractivity contribution in [3.63, 3.8) is 0 Å². The lowest BCUT2D eigenvalue weighted by molar-refractivity contribution is -0.142. The Balaban J connectivity index is 1.48. The first kappa shape index (κ1) is 14.6. The molecule has 1 aliphatic heterocycles. The van der Waals surface area contributed by atoms with Crippen molar-refractivity contribution < 1.29 is 23.8 Å². The number of ketones is 1. The van der Waals surface area contributed by atoms with Gasteiger partial charge in [-0.3, -0.25) is 9.59 Å². The molecule has 0 fully saturated rings. The minimum Gasteiger partial charge on any atom is -0.457 e. The maximum Gasteiger partial charge on any atom is 0.306 e. The van der Waals surface area contributed by atoms with E-state index in [1.54, 1.807) is 29.5 Å². The monoisotopic (exact) mass is 318 g/mol. The molecule has 0 bridgehead atoms. The summed E-state index contributed by atoms with van der Waals surface area (Å²) < 4.78 is 15.4. The molecular formula is C16H14O5S. The number of thiophene rings is 1. The number of benzene rings is 1.